The van der Waals surface area contributed by atoms with E-state index in [1.54, 1.807) is 17.9 Å². The van der Waals surface area contributed by atoms with Crippen molar-refractivity contribution in [2.75, 3.05) is 7.11 Å². The number of fused-ring (bicyclic) bond motifs is 1. The van der Waals surface area contributed by atoms with Crippen LogP contribution in [0.4, 0.5) is 0 Å². The molecule has 2 fully saturated rings. The molecule has 5 nitrogen and oxygen atoms in total. The van der Waals surface area contributed by atoms with E-state index < -0.39 is 6.04 Å². The minimum absolute atomic E-state index is 0.106. The number of amides is 1. The fourth-order valence-corrected chi connectivity index (χ4v) is 3.84. The van der Waals surface area contributed by atoms with Gasteiger partial charge in [-0.25, -0.2) is 4.79 Å². The number of hydrogen-bond acceptors (Lipinski definition) is 4. The Balaban J connectivity index is 1.93. The highest BCUT2D eigenvalue weighted by Gasteiger charge is 2.48. The molecule has 0 unspecified atom stereocenters. The van der Waals surface area contributed by atoms with E-state index in [-0.39, 0.29) is 17.9 Å². The van der Waals surface area contributed by atoms with E-state index in [1.165, 1.54) is 19.8 Å². The third kappa shape index (κ3) is 2.34. The number of carbonyl (C=O) groups excluding carboxylic acids is 2. The summed E-state index contributed by atoms with van der Waals surface area (Å²) in [6.45, 7) is 1.77. The molecular weight excluding hydrogens is 270 g/mol. The maximum Gasteiger partial charge on any atom is 0.328 e. The minimum atomic E-state index is -0.454. The number of methoxy groups -OCH3 is 1. The van der Waals surface area contributed by atoms with Gasteiger partial charge in [0.1, 0.15) is 11.8 Å². The Bertz CT molecular complexity index is 550. The van der Waals surface area contributed by atoms with Gasteiger partial charge in [0.25, 0.3) is 5.91 Å². The molecule has 1 saturated heterocycles. The third-order valence-electron chi connectivity index (χ3n) is 4.89. The maximum absolute atomic E-state index is 12.9. The van der Waals surface area contributed by atoms with E-state index >= 15 is 0 Å². The molecule has 0 bridgehead atoms. The molecule has 1 amide bonds. The second-order valence-corrected chi connectivity index (χ2v) is 5.99. The van der Waals surface area contributed by atoms with Crippen molar-refractivity contribution in [3.63, 3.8) is 0 Å². The zero-order chi connectivity index (χ0) is 15.0. The van der Waals surface area contributed by atoms with Crippen LogP contribution in [0.25, 0.3) is 0 Å². The summed E-state index contributed by atoms with van der Waals surface area (Å²) in [5.41, 5.74) is 0.551. The summed E-state index contributed by atoms with van der Waals surface area (Å²) in [6, 6.07) is 1.39. The Hall–Kier alpha value is -1.78. The van der Waals surface area contributed by atoms with Gasteiger partial charge < -0.3 is 14.1 Å². The summed E-state index contributed by atoms with van der Waals surface area (Å²) in [4.78, 5) is 26.7. The molecule has 1 saturated carbocycles. The first-order chi connectivity index (χ1) is 10.1. The van der Waals surface area contributed by atoms with E-state index in [2.05, 4.69) is 0 Å². The van der Waals surface area contributed by atoms with Gasteiger partial charge in [0.05, 0.1) is 18.9 Å². The summed E-state index contributed by atoms with van der Waals surface area (Å²) < 4.78 is 10.2. The molecule has 114 valence electrons. The average molecular weight is 291 g/mol. The third-order valence-corrected chi connectivity index (χ3v) is 4.89. The van der Waals surface area contributed by atoms with Crippen LogP contribution in [0.3, 0.4) is 0 Å². The topological polar surface area (TPSA) is 59.8 Å². The molecule has 5 heteroatoms. The highest BCUT2D eigenvalue weighted by molar-refractivity contribution is 5.98. The van der Waals surface area contributed by atoms with Crippen LogP contribution < -0.4 is 0 Å². The van der Waals surface area contributed by atoms with E-state index in [9.17, 15) is 9.59 Å². The van der Waals surface area contributed by atoms with Crippen LogP contribution in [0.2, 0.25) is 0 Å². The fourth-order valence-electron chi connectivity index (χ4n) is 3.84. The number of carbonyl (C=O) groups is 2. The first-order valence-corrected chi connectivity index (χ1v) is 7.58. The molecule has 1 aliphatic carbocycles. The van der Waals surface area contributed by atoms with E-state index in [0.717, 1.165) is 25.7 Å². The summed E-state index contributed by atoms with van der Waals surface area (Å²) in [5.74, 6) is 0.604. The molecule has 1 aromatic rings. The first-order valence-electron chi connectivity index (χ1n) is 7.58. The molecule has 0 spiro atoms. The van der Waals surface area contributed by atoms with Crippen molar-refractivity contribution in [1.29, 1.82) is 0 Å². The van der Waals surface area contributed by atoms with Crippen molar-refractivity contribution in [3.8, 4) is 0 Å². The van der Waals surface area contributed by atoms with Gasteiger partial charge in [-0.2, -0.15) is 0 Å². The van der Waals surface area contributed by atoms with Crippen LogP contribution in [0.15, 0.2) is 16.7 Å². The van der Waals surface area contributed by atoms with Crippen LogP contribution >= 0.6 is 0 Å². The zero-order valence-corrected chi connectivity index (χ0v) is 12.5. The quantitative estimate of drug-likeness (QED) is 0.786. The van der Waals surface area contributed by atoms with Crippen molar-refractivity contribution in [3.05, 3.63) is 23.7 Å². The van der Waals surface area contributed by atoms with Crippen LogP contribution in [0.5, 0.6) is 0 Å². The second kappa shape index (κ2) is 5.54. The average Bonchev–Trinajstić information content (AvgIpc) is 3.09. The number of rotatable bonds is 2. The lowest BCUT2D eigenvalue weighted by molar-refractivity contribution is -0.145. The van der Waals surface area contributed by atoms with E-state index in [1.807, 2.05) is 0 Å². The van der Waals surface area contributed by atoms with Gasteiger partial charge in [0.15, 0.2) is 0 Å². The monoisotopic (exact) mass is 291 g/mol. The fraction of sp³-hybridized carbons (Fsp3) is 0.625. The Morgan fingerprint density at radius 3 is 2.76 bits per heavy atom. The Labute approximate surface area is 124 Å². The molecular formula is C16H21NO4. The van der Waals surface area contributed by atoms with E-state index in [0.29, 0.717) is 17.2 Å². The number of likely N-dealkylation sites (tertiary alicyclic amines) is 1. The molecule has 2 heterocycles. The number of nitrogens with zero attached hydrogens (tertiary/aromatic N) is 1. The van der Waals surface area contributed by atoms with Crippen molar-refractivity contribution in [2.45, 2.75) is 51.1 Å². The van der Waals surface area contributed by atoms with Crippen LogP contribution in [0, 0.1) is 12.8 Å². The standard InChI is InChI=1S/C16H21NO4/c1-10-12(7-8-21-10)15(18)17-13-6-4-3-5-11(13)9-14(17)16(19)20-2/h7-8,11,13-14H,3-6,9H2,1-2H3/t11-,13-,14-/m0/s1. The largest absolute Gasteiger partial charge is 0.469 e. The lowest BCUT2D eigenvalue weighted by atomic mass is 9.84. The number of ether oxygens (including phenoxy) is 1. The molecule has 1 aliphatic heterocycles. The Morgan fingerprint density at radius 1 is 1.33 bits per heavy atom. The predicted molar refractivity (Wildman–Crippen MR) is 75.8 cm³/mol. The number of furan rings is 1. The summed E-state index contributed by atoms with van der Waals surface area (Å²) in [6.07, 6.45) is 6.60. The maximum atomic E-state index is 12.9. The van der Waals surface area contributed by atoms with Crippen molar-refractivity contribution >= 4 is 11.9 Å². The van der Waals surface area contributed by atoms with Gasteiger partial charge >= 0.3 is 5.97 Å². The molecule has 0 N–H and O–H groups in total. The molecule has 3 rings (SSSR count). The van der Waals surface area contributed by atoms with Gasteiger partial charge in [-0.1, -0.05) is 12.8 Å². The van der Waals surface area contributed by atoms with Gasteiger partial charge in [0, 0.05) is 6.04 Å². The summed E-state index contributed by atoms with van der Waals surface area (Å²) in [5, 5.41) is 0. The summed E-state index contributed by atoms with van der Waals surface area (Å²) >= 11 is 0. The van der Waals surface area contributed by atoms with Crippen molar-refractivity contribution in [1.82, 2.24) is 4.90 Å². The zero-order valence-electron chi connectivity index (χ0n) is 12.5. The molecule has 0 aromatic carbocycles. The molecule has 21 heavy (non-hydrogen) atoms. The molecule has 0 radical (unpaired) electrons. The Kier molecular flexibility index (Phi) is 3.74. The number of aryl methyl sites for hydroxylation is 1. The summed E-state index contributed by atoms with van der Waals surface area (Å²) in [7, 11) is 1.38. The molecule has 2 aliphatic rings. The predicted octanol–water partition coefficient (Wildman–Crippen LogP) is 2.53. The highest BCUT2D eigenvalue weighted by Crippen LogP contribution is 2.41. The normalized spacial score (nSPS) is 28.3. The minimum Gasteiger partial charge on any atom is -0.469 e. The first kappa shape index (κ1) is 14.2. The second-order valence-electron chi connectivity index (χ2n) is 5.99. The smallest absolute Gasteiger partial charge is 0.328 e. The SMILES string of the molecule is COC(=O)[C@@H]1C[C@@H]2CCCC[C@@H]2N1C(=O)c1ccoc1C. The van der Waals surface area contributed by atoms with Gasteiger partial charge in [-0.05, 0) is 38.2 Å². The van der Waals surface area contributed by atoms with Crippen molar-refractivity contribution in [2.24, 2.45) is 5.92 Å². The Morgan fingerprint density at radius 2 is 2.10 bits per heavy atom. The van der Waals surface area contributed by atoms with Crippen LogP contribution in [0.1, 0.15) is 48.2 Å². The highest BCUT2D eigenvalue weighted by atomic mass is 16.5. The lowest BCUT2D eigenvalue weighted by Crippen LogP contribution is -2.46. The van der Waals surface area contributed by atoms with Gasteiger partial charge in [-0.3, -0.25) is 4.79 Å². The molecule has 1 aromatic heterocycles. The van der Waals surface area contributed by atoms with Gasteiger partial charge in [-0.15, -0.1) is 0 Å². The van der Waals surface area contributed by atoms with Crippen LogP contribution in [-0.2, 0) is 9.53 Å². The molecule has 3 atom stereocenters. The van der Waals surface area contributed by atoms with Crippen LogP contribution in [-0.4, -0.2) is 36.0 Å². The van der Waals surface area contributed by atoms with Crippen molar-refractivity contribution < 1.29 is 18.7 Å². The van der Waals surface area contributed by atoms with E-state index in [4.69, 9.17) is 9.15 Å². The lowest BCUT2D eigenvalue weighted by Gasteiger charge is -2.33. The van der Waals surface area contributed by atoms with Gasteiger partial charge in [0.2, 0.25) is 0 Å². The number of esters is 1. The number of hydrogen-bond donors (Lipinski definition) is 0.